The summed E-state index contributed by atoms with van der Waals surface area (Å²) in [5.74, 6) is 1.21. The van der Waals surface area contributed by atoms with Crippen LogP contribution in [0.4, 0.5) is 0 Å². The average molecular weight is 315 g/mol. The van der Waals surface area contributed by atoms with Crippen LogP contribution in [-0.4, -0.2) is 44.2 Å². The Hall–Kier alpha value is -0.920. The van der Waals surface area contributed by atoms with Gasteiger partial charge in [0.2, 0.25) is 10.0 Å². The van der Waals surface area contributed by atoms with Crippen LogP contribution in [0.25, 0.3) is 0 Å². The van der Waals surface area contributed by atoms with Crippen molar-refractivity contribution in [3.8, 4) is 0 Å². The molecular formula is C14H25N3O3S. The lowest BCUT2D eigenvalue weighted by Gasteiger charge is -2.36. The summed E-state index contributed by atoms with van der Waals surface area (Å²) in [6.07, 6.45) is 2.63. The SMILES string of the molecule is C[C@@H]1C[C@H](C)CN(C[C@@H](C)NS(=O)(=O)Cc2ccon2)C1. The van der Waals surface area contributed by atoms with E-state index >= 15 is 0 Å². The predicted octanol–water partition coefficient (Wildman–Crippen LogP) is 1.46. The lowest BCUT2D eigenvalue weighted by molar-refractivity contribution is 0.134. The molecule has 0 amide bonds. The second kappa shape index (κ2) is 6.89. The smallest absolute Gasteiger partial charge is 0.217 e. The second-order valence-corrected chi connectivity index (χ2v) is 8.19. The average Bonchev–Trinajstić information content (AvgIpc) is 2.77. The normalized spacial score (nSPS) is 25.9. The third kappa shape index (κ3) is 5.41. The van der Waals surface area contributed by atoms with Gasteiger partial charge in [-0.2, -0.15) is 0 Å². The second-order valence-electron chi connectivity index (χ2n) is 6.43. The van der Waals surface area contributed by atoms with Crippen molar-refractivity contribution in [1.82, 2.24) is 14.8 Å². The van der Waals surface area contributed by atoms with Gasteiger partial charge in [0, 0.05) is 31.7 Å². The van der Waals surface area contributed by atoms with Crippen LogP contribution in [-0.2, 0) is 15.8 Å². The molecule has 7 heteroatoms. The maximum atomic E-state index is 12.1. The van der Waals surface area contributed by atoms with Gasteiger partial charge in [-0.3, -0.25) is 0 Å². The van der Waals surface area contributed by atoms with E-state index < -0.39 is 10.0 Å². The third-order valence-electron chi connectivity index (χ3n) is 3.69. The van der Waals surface area contributed by atoms with Gasteiger partial charge in [-0.05, 0) is 25.2 Å². The molecule has 1 aliphatic heterocycles. The largest absolute Gasteiger partial charge is 0.364 e. The van der Waals surface area contributed by atoms with E-state index in [4.69, 9.17) is 0 Å². The molecule has 0 radical (unpaired) electrons. The van der Waals surface area contributed by atoms with Crippen LogP contribution in [0, 0.1) is 11.8 Å². The molecule has 0 unspecified atom stereocenters. The van der Waals surface area contributed by atoms with E-state index in [-0.39, 0.29) is 11.8 Å². The zero-order valence-electron chi connectivity index (χ0n) is 12.9. The molecule has 1 aliphatic rings. The highest BCUT2D eigenvalue weighted by Gasteiger charge is 2.24. The van der Waals surface area contributed by atoms with Crippen molar-refractivity contribution in [2.24, 2.45) is 11.8 Å². The van der Waals surface area contributed by atoms with E-state index in [1.54, 1.807) is 6.07 Å². The fraction of sp³-hybridized carbons (Fsp3) is 0.786. The van der Waals surface area contributed by atoms with Crippen molar-refractivity contribution in [2.75, 3.05) is 19.6 Å². The summed E-state index contributed by atoms with van der Waals surface area (Å²) in [7, 11) is -3.38. The number of nitrogens with one attached hydrogen (secondary N) is 1. The van der Waals surface area contributed by atoms with E-state index in [0.29, 0.717) is 17.5 Å². The van der Waals surface area contributed by atoms with Crippen LogP contribution in [0.3, 0.4) is 0 Å². The van der Waals surface area contributed by atoms with Crippen molar-refractivity contribution >= 4 is 10.0 Å². The Morgan fingerprint density at radius 1 is 1.43 bits per heavy atom. The van der Waals surface area contributed by atoms with Crippen molar-refractivity contribution in [3.05, 3.63) is 18.0 Å². The first-order valence-corrected chi connectivity index (χ1v) is 9.11. The Labute approximate surface area is 126 Å². The van der Waals surface area contributed by atoms with Crippen molar-refractivity contribution < 1.29 is 12.9 Å². The minimum absolute atomic E-state index is 0.112. The number of nitrogens with zero attached hydrogens (tertiary/aromatic N) is 2. The van der Waals surface area contributed by atoms with Crippen LogP contribution in [0.5, 0.6) is 0 Å². The van der Waals surface area contributed by atoms with E-state index in [9.17, 15) is 8.42 Å². The fourth-order valence-corrected chi connectivity index (χ4v) is 4.53. The first-order valence-electron chi connectivity index (χ1n) is 7.45. The molecule has 2 heterocycles. The maximum absolute atomic E-state index is 12.1. The maximum Gasteiger partial charge on any atom is 0.217 e. The lowest BCUT2D eigenvalue weighted by Crippen LogP contribution is -2.47. The van der Waals surface area contributed by atoms with E-state index in [1.807, 2.05) is 6.92 Å². The predicted molar refractivity (Wildman–Crippen MR) is 81.1 cm³/mol. The Morgan fingerprint density at radius 3 is 2.67 bits per heavy atom. The molecule has 1 saturated heterocycles. The molecular weight excluding hydrogens is 290 g/mol. The summed E-state index contributed by atoms with van der Waals surface area (Å²) in [6.45, 7) is 9.24. The van der Waals surface area contributed by atoms with Crippen LogP contribution in [0.15, 0.2) is 16.9 Å². The summed E-state index contributed by atoms with van der Waals surface area (Å²) in [5.41, 5.74) is 0.426. The van der Waals surface area contributed by atoms with Crippen LogP contribution >= 0.6 is 0 Å². The molecule has 0 aliphatic carbocycles. The fourth-order valence-electron chi connectivity index (χ4n) is 3.22. The number of piperidine rings is 1. The lowest BCUT2D eigenvalue weighted by atomic mass is 9.92. The number of likely N-dealkylation sites (tertiary alicyclic amines) is 1. The first kappa shape index (κ1) is 16.5. The van der Waals surface area contributed by atoms with Gasteiger partial charge in [0.1, 0.15) is 12.0 Å². The minimum Gasteiger partial charge on any atom is -0.364 e. The number of hydrogen-bond acceptors (Lipinski definition) is 5. The third-order valence-corrected chi connectivity index (χ3v) is 5.12. The molecule has 0 aromatic carbocycles. The summed E-state index contributed by atoms with van der Waals surface area (Å²) in [4.78, 5) is 2.35. The monoisotopic (exact) mass is 315 g/mol. The highest BCUT2D eigenvalue weighted by Crippen LogP contribution is 2.20. The summed E-state index contributed by atoms with van der Waals surface area (Å²) in [6, 6.07) is 1.46. The molecule has 2 rings (SSSR count). The van der Waals surface area contributed by atoms with Crippen molar-refractivity contribution in [3.63, 3.8) is 0 Å². The standard InChI is InChI=1S/C14H25N3O3S/c1-11-6-12(2)8-17(7-11)9-13(3)16-21(18,19)10-14-4-5-20-15-14/h4-5,11-13,16H,6-10H2,1-3H3/t11-,12+,13-/m1/s1. The van der Waals surface area contributed by atoms with E-state index in [2.05, 4.69) is 33.1 Å². The molecule has 1 aromatic rings. The molecule has 1 aromatic heterocycles. The number of rotatable bonds is 6. The van der Waals surface area contributed by atoms with Gasteiger partial charge in [-0.25, -0.2) is 13.1 Å². The van der Waals surface area contributed by atoms with Gasteiger partial charge in [-0.15, -0.1) is 0 Å². The zero-order valence-corrected chi connectivity index (χ0v) is 13.8. The minimum atomic E-state index is -3.38. The van der Waals surface area contributed by atoms with Crippen LogP contribution in [0.2, 0.25) is 0 Å². The number of hydrogen-bond donors (Lipinski definition) is 1. The van der Waals surface area contributed by atoms with Crippen molar-refractivity contribution in [1.29, 1.82) is 0 Å². The quantitative estimate of drug-likeness (QED) is 0.860. The Balaban J connectivity index is 1.84. The highest BCUT2D eigenvalue weighted by molar-refractivity contribution is 7.88. The summed E-state index contributed by atoms with van der Waals surface area (Å²) >= 11 is 0. The molecule has 6 nitrogen and oxygen atoms in total. The molecule has 1 N–H and O–H groups in total. The van der Waals surface area contributed by atoms with E-state index in [1.165, 1.54) is 12.7 Å². The van der Waals surface area contributed by atoms with Crippen molar-refractivity contribution in [2.45, 2.75) is 39.0 Å². The van der Waals surface area contributed by atoms with Gasteiger partial charge >= 0.3 is 0 Å². The topological polar surface area (TPSA) is 75.4 Å². The molecule has 0 spiro atoms. The summed E-state index contributed by atoms with van der Waals surface area (Å²) in [5, 5.41) is 3.64. The van der Waals surface area contributed by atoms with Gasteiger partial charge in [0.25, 0.3) is 0 Å². The number of aromatic nitrogens is 1. The van der Waals surface area contributed by atoms with E-state index in [0.717, 1.165) is 19.6 Å². The molecule has 0 bridgehead atoms. The number of sulfonamides is 1. The van der Waals surface area contributed by atoms with Gasteiger partial charge in [0.05, 0.1) is 5.69 Å². The molecule has 1 fully saturated rings. The highest BCUT2D eigenvalue weighted by atomic mass is 32.2. The zero-order chi connectivity index (χ0) is 15.5. The molecule has 21 heavy (non-hydrogen) atoms. The molecule has 3 atom stereocenters. The van der Waals surface area contributed by atoms with Crippen LogP contribution < -0.4 is 4.72 Å². The molecule has 120 valence electrons. The molecule has 0 saturated carbocycles. The Bertz CT molecular complexity index is 520. The Kier molecular flexibility index (Phi) is 5.40. The summed E-state index contributed by atoms with van der Waals surface area (Å²) < 4.78 is 31.5. The van der Waals surface area contributed by atoms with Gasteiger partial charge in [0.15, 0.2) is 0 Å². The van der Waals surface area contributed by atoms with Gasteiger partial charge < -0.3 is 9.42 Å². The van der Waals surface area contributed by atoms with Gasteiger partial charge in [-0.1, -0.05) is 19.0 Å². The Morgan fingerprint density at radius 2 is 2.10 bits per heavy atom. The first-order chi connectivity index (χ1) is 9.84. The van der Waals surface area contributed by atoms with Crippen LogP contribution in [0.1, 0.15) is 32.9 Å².